The van der Waals surface area contributed by atoms with Gasteiger partial charge in [0.25, 0.3) is 0 Å². The zero-order valence-corrected chi connectivity index (χ0v) is 13.4. The van der Waals surface area contributed by atoms with Gasteiger partial charge in [-0.15, -0.1) is 0 Å². The highest BCUT2D eigenvalue weighted by molar-refractivity contribution is 6.69. The summed E-state index contributed by atoms with van der Waals surface area (Å²) in [6.07, 6.45) is 13.5. The number of ether oxygens (including phenoxy) is 1. The standard InChI is InChI=1S/C15H30O2Si/c1-18(2,3)17-14-12-10-8-6-4-5-7-9-11-13-15(14)16-13/h13-15H,4-12H2,1-3H3. The molecule has 3 unspecified atom stereocenters. The Kier molecular flexibility index (Phi) is 5.28. The Balaban J connectivity index is 1.85. The summed E-state index contributed by atoms with van der Waals surface area (Å²) in [5.41, 5.74) is 0. The molecule has 1 aliphatic heterocycles. The lowest BCUT2D eigenvalue weighted by Crippen LogP contribution is -2.35. The second-order valence-corrected chi connectivity index (χ2v) is 11.4. The number of hydrogen-bond acceptors (Lipinski definition) is 2. The van der Waals surface area contributed by atoms with E-state index in [9.17, 15) is 0 Å². The van der Waals surface area contributed by atoms with E-state index in [-0.39, 0.29) is 0 Å². The van der Waals surface area contributed by atoms with Crippen LogP contribution >= 0.6 is 0 Å². The maximum Gasteiger partial charge on any atom is 0.184 e. The van der Waals surface area contributed by atoms with Crippen molar-refractivity contribution >= 4 is 8.32 Å². The zero-order valence-electron chi connectivity index (χ0n) is 12.4. The van der Waals surface area contributed by atoms with Crippen LogP contribution in [0.3, 0.4) is 0 Å². The van der Waals surface area contributed by atoms with Gasteiger partial charge in [0, 0.05) is 0 Å². The molecule has 1 saturated carbocycles. The molecule has 0 N–H and O–H groups in total. The lowest BCUT2D eigenvalue weighted by molar-refractivity contribution is 0.140. The molecule has 18 heavy (non-hydrogen) atoms. The van der Waals surface area contributed by atoms with Gasteiger partial charge in [-0.05, 0) is 32.5 Å². The third-order valence-electron chi connectivity index (χ3n) is 3.97. The van der Waals surface area contributed by atoms with E-state index >= 15 is 0 Å². The second kappa shape index (κ2) is 6.53. The Morgan fingerprint density at radius 3 is 2.00 bits per heavy atom. The molecule has 0 amide bonds. The molecule has 0 aromatic rings. The summed E-state index contributed by atoms with van der Waals surface area (Å²) < 4.78 is 12.2. The SMILES string of the molecule is C[Si](C)(C)OC1CCCCCCCCCC2OC21. The summed E-state index contributed by atoms with van der Waals surface area (Å²) in [6.45, 7) is 6.88. The highest BCUT2D eigenvalue weighted by Crippen LogP contribution is 2.35. The van der Waals surface area contributed by atoms with Gasteiger partial charge in [0.15, 0.2) is 8.32 Å². The van der Waals surface area contributed by atoms with Crippen molar-refractivity contribution in [3.05, 3.63) is 0 Å². The van der Waals surface area contributed by atoms with E-state index < -0.39 is 8.32 Å². The molecule has 0 bridgehead atoms. The van der Waals surface area contributed by atoms with E-state index in [0.29, 0.717) is 18.3 Å². The Morgan fingerprint density at radius 2 is 1.39 bits per heavy atom. The number of hydrogen-bond donors (Lipinski definition) is 0. The highest BCUT2D eigenvalue weighted by Gasteiger charge is 2.45. The normalized spacial score (nSPS) is 35.2. The van der Waals surface area contributed by atoms with Crippen LogP contribution in [0.15, 0.2) is 0 Å². The zero-order chi connectivity index (χ0) is 13.0. The molecule has 2 rings (SSSR count). The quantitative estimate of drug-likeness (QED) is 0.544. The van der Waals surface area contributed by atoms with Gasteiger partial charge in [0.2, 0.25) is 0 Å². The lowest BCUT2D eigenvalue weighted by atomic mass is 10.00. The minimum absolute atomic E-state index is 0.390. The largest absolute Gasteiger partial charge is 0.412 e. The van der Waals surface area contributed by atoms with Gasteiger partial charge in [0.05, 0.1) is 12.2 Å². The molecule has 1 heterocycles. The van der Waals surface area contributed by atoms with Crippen molar-refractivity contribution in [1.29, 1.82) is 0 Å². The van der Waals surface area contributed by atoms with Gasteiger partial charge in [0.1, 0.15) is 6.10 Å². The molecule has 3 atom stereocenters. The van der Waals surface area contributed by atoms with Crippen LogP contribution in [0, 0.1) is 0 Å². The summed E-state index contributed by atoms with van der Waals surface area (Å²) >= 11 is 0. The van der Waals surface area contributed by atoms with E-state index in [1.807, 2.05) is 0 Å². The Labute approximate surface area is 114 Å². The summed E-state index contributed by atoms with van der Waals surface area (Å²) in [6, 6.07) is 0. The molecule has 0 aromatic heterocycles. The molecule has 0 aromatic carbocycles. The first kappa shape index (κ1) is 14.5. The fraction of sp³-hybridized carbons (Fsp3) is 1.00. The molecule has 1 saturated heterocycles. The maximum absolute atomic E-state index is 6.35. The summed E-state index contributed by atoms with van der Waals surface area (Å²) in [5, 5.41) is 0. The number of fused-ring (bicyclic) bond motifs is 1. The highest BCUT2D eigenvalue weighted by atomic mass is 28.4. The van der Waals surface area contributed by atoms with Crippen LogP contribution in [-0.4, -0.2) is 26.6 Å². The van der Waals surface area contributed by atoms with Crippen molar-refractivity contribution in [3.8, 4) is 0 Å². The van der Waals surface area contributed by atoms with E-state index in [4.69, 9.17) is 9.16 Å². The van der Waals surface area contributed by atoms with Crippen molar-refractivity contribution < 1.29 is 9.16 Å². The van der Waals surface area contributed by atoms with Crippen molar-refractivity contribution in [2.75, 3.05) is 0 Å². The van der Waals surface area contributed by atoms with E-state index in [1.165, 1.54) is 57.8 Å². The van der Waals surface area contributed by atoms with Crippen LogP contribution in [0.1, 0.15) is 57.8 Å². The van der Waals surface area contributed by atoms with Crippen molar-refractivity contribution in [2.24, 2.45) is 0 Å². The molecule has 3 heteroatoms. The third-order valence-corrected chi connectivity index (χ3v) is 4.98. The summed E-state index contributed by atoms with van der Waals surface area (Å²) in [5.74, 6) is 0. The van der Waals surface area contributed by atoms with E-state index in [1.54, 1.807) is 0 Å². The minimum Gasteiger partial charge on any atom is -0.412 e. The van der Waals surface area contributed by atoms with Crippen molar-refractivity contribution in [3.63, 3.8) is 0 Å². The molecule has 2 nitrogen and oxygen atoms in total. The van der Waals surface area contributed by atoms with Crippen LogP contribution in [0.5, 0.6) is 0 Å². The molecule has 2 fully saturated rings. The monoisotopic (exact) mass is 270 g/mol. The average Bonchev–Trinajstić information content (AvgIpc) is 3.01. The predicted octanol–water partition coefficient (Wildman–Crippen LogP) is 4.50. The average molecular weight is 270 g/mol. The summed E-state index contributed by atoms with van der Waals surface area (Å²) in [7, 11) is -1.43. The first-order valence-corrected chi connectivity index (χ1v) is 11.3. The van der Waals surface area contributed by atoms with E-state index in [0.717, 1.165) is 0 Å². The lowest BCUT2D eigenvalue weighted by Gasteiger charge is -2.25. The van der Waals surface area contributed by atoms with Crippen molar-refractivity contribution in [2.45, 2.75) is 95.7 Å². The second-order valence-electron chi connectivity index (χ2n) is 6.96. The summed E-state index contributed by atoms with van der Waals surface area (Å²) in [4.78, 5) is 0. The minimum atomic E-state index is -1.43. The molecule has 0 radical (unpaired) electrons. The van der Waals surface area contributed by atoms with Gasteiger partial charge < -0.3 is 9.16 Å². The Morgan fingerprint density at radius 1 is 0.833 bits per heavy atom. The molecule has 0 spiro atoms. The molecule has 1 aliphatic carbocycles. The van der Waals surface area contributed by atoms with E-state index in [2.05, 4.69) is 19.6 Å². The van der Waals surface area contributed by atoms with Crippen LogP contribution < -0.4 is 0 Å². The number of rotatable bonds is 2. The molecular formula is C15H30O2Si. The fourth-order valence-electron chi connectivity index (χ4n) is 3.04. The smallest absolute Gasteiger partial charge is 0.184 e. The number of epoxide rings is 1. The van der Waals surface area contributed by atoms with Crippen LogP contribution in [-0.2, 0) is 9.16 Å². The molecule has 2 aliphatic rings. The van der Waals surface area contributed by atoms with Crippen molar-refractivity contribution in [1.82, 2.24) is 0 Å². The maximum atomic E-state index is 6.35. The van der Waals surface area contributed by atoms with Crippen LogP contribution in [0.4, 0.5) is 0 Å². The van der Waals surface area contributed by atoms with Gasteiger partial charge >= 0.3 is 0 Å². The molecule has 106 valence electrons. The van der Waals surface area contributed by atoms with Crippen LogP contribution in [0.2, 0.25) is 19.6 Å². The first-order valence-electron chi connectivity index (χ1n) is 7.89. The molecular weight excluding hydrogens is 240 g/mol. The van der Waals surface area contributed by atoms with Gasteiger partial charge in [-0.1, -0.05) is 44.9 Å². The van der Waals surface area contributed by atoms with Gasteiger partial charge in [-0.25, -0.2) is 0 Å². The van der Waals surface area contributed by atoms with Crippen LogP contribution in [0.25, 0.3) is 0 Å². The Bertz CT molecular complexity index is 249. The van der Waals surface area contributed by atoms with Gasteiger partial charge in [-0.3, -0.25) is 0 Å². The van der Waals surface area contributed by atoms with Gasteiger partial charge in [-0.2, -0.15) is 0 Å². The topological polar surface area (TPSA) is 21.8 Å². The predicted molar refractivity (Wildman–Crippen MR) is 78.4 cm³/mol. The first-order chi connectivity index (χ1) is 8.56. The third kappa shape index (κ3) is 5.02. The fourth-order valence-corrected chi connectivity index (χ4v) is 4.20. The Hall–Kier alpha value is 0.137.